The average molecular weight is 465 g/mol. The number of esters is 1. The van der Waals surface area contributed by atoms with Crippen LogP contribution in [0.2, 0.25) is 0 Å². The van der Waals surface area contributed by atoms with E-state index in [2.05, 4.69) is 20.4 Å². The molecule has 0 bridgehead atoms. The van der Waals surface area contributed by atoms with Gasteiger partial charge in [0.25, 0.3) is 5.91 Å². The topological polar surface area (TPSA) is 117 Å². The van der Waals surface area contributed by atoms with E-state index >= 15 is 0 Å². The Hall–Kier alpha value is -4.25. The highest BCUT2D eigenvalue weighted by Crippen LogP contribution is 2.26. The maximum Gasteiger partial charge on any atom is 0.357 e. The zero-order valence-electron chi connectivity index (χ0n) is 17.7. The molecule has 0 spiro atoms. The molecule has 1 aromatic carbocycles. The fraction of sp³-hybridized carbons (Fsp3) is 0.136. The number of benzene rings is 1. The quantitative estimate of drug-likeness (QED) is 0.394. The number of amides is 1. The largest absolute Gasteiger partial charge is 0.481 e. The average Bonchev–Trinajstić information content (AvgIpc) is 3.53. The number of methoxy groups -OCH3 is 2. The summed E-state index contributed by atoms with van der Waals surface area (Å²) in [4.78, 5) is 34.1. The Morgan fingerprint density at radius 2 is 1.73 bits per heavy atom. The molecule has 3 aromatic heterocycles. The highest BCUT2D eigenvalue weighted by atomic mass is 32.1. The molecule has 0 aliphatic heterocycles. The Labute approximate surface area is 192 Å². The first-order chi connectivity index (χ1) is 16.1. The van der Waals surface area contributed by atoms with Gasteiger partial charge >= 0.3 is 5.97 Å². The van der Waals surface area contributed by atoms with Gasteiger partial charge in [-0.2, -0.15) is 15.1 Å². The van der Waals surface area contributed by atoms with E-state index in [0.29, 0.717) is 11.4 Å². The standard InChI is InChI=1S/C22H19N5O5S/c1-30-19-12-20(31-2)25-22(24-19)23-18(28)13-32-21(29)16-11-15(17-9-6-10-33-17)26-27(16)14-7-4-3-5-8-14/h3-12H,13H2,1-2H3,(H,23,24,25,28). The van der Waals surface area contributed by atoms with Gasteiger partial charge in [-0.3, -0.25) is 10.1 Å². The highest BCUT2D eigenvalue weighted by molar-refractivity contribution is 7.13. The highest BCUT2D eigenvalue weighted by Gasteiger charge is 2.20. The second-order valence-corrected chi connectivity index (χ2v) is 7.49. The van der Waals surface area contributed by atoms with Gasteiger partial charge in [-0.15, -0.1) is 11.3 Å². The molecule has 4 aromatic rings. The number of para-hydroxylation sites is 1. The number of hydrogen-bond acceptors (Lipinski definition) is 9. The van der Waals surface area contributed by atoms with Crippen LogP contribution in [0.15, 0.2) is 60.0 Å². The number of nitrogens with one attached hydrogen (secondary N) is 1. The van der Waals surface area contributed by atoms with Gasteiger partial charge in [-0.1, -0.05) is 24.3 Å². The number of aromatic nitrogens is 4. The molecule has 0 aliphatic rings. The van der Waals surface area contributed by atoms with Crippen LogP contribution in [0.1, 0.15) is 10.5 Å². The molecule has 0 saturated carbocycles. The van der Waals surface area contributed by atoms with Crippen molar-refractivity contribution in [2.75, 3.05) is 26.1 Å². The van der Waals surface area contributed by atoms with Gasteiger partial charge in [0.05, 0.1) is 30.9 Å². The summed E-state index contributed by atoms with van der Waals surface area (Å²) in [7, 11) is 2.85. The van der Waals surface area contributed by atoms with Crippen molar-refractivity contribution >= 4 is 29.2 Å². The Kier molecular flexibility index (Phi) is 6.60. The fourth-order valence-corrected chi connectivity index (χ4v) is 3.55. The first-order valence-electron chi connectivity index (χ1n) is 9.71. The zero-order valence-corrected chi connectivity index (χ0v) is 18.5. The first-order valence-corrected chi connectivity index (χ1v) is 10.6. The van der Waals surface area contributed by atoms with Gasteiger partial charge in [-0.05, 0) is 23.6 Å². The summed E-state index contributed by atoms with van der Waals surface area (Å²) < 4.78 is 16.8. The molecule has 11 heteroatoms. The second-order valence-electron chi connectivity index (χ2n) is 6.54. The van der Waals surface area contributed by atoms with Crippen LogP contribution in [-0.4, -0.2) is 52.5 Å². The summed E-state index contributed by atoms with van der Waals surface area (Å²) in [6.45, 7) is -0.546. The first kappa shape index (κ1) is 22.0. The van der Waals surface area contributed by atoms with Crippen molar-refractivity contribution in [2.45, 2.75) is 0 Å². The van der Waals surface area contributed by atoms with Gasteiger partial charge in [-0.25, -0.2) is 9.48 Å². The molecule has 33 heavy (non-hydrogen) atoms. The number of carbonyl (C=O) groups excluding carboxylic acids is 2. The monoisotopic (exact) mass is 465 g/mol. The molecule has 0 radical (unpaired) electrons. The number of rotatable bonds is 8. The molecule has 3 heterocycles. The summed E-state index contributed by atoms with van der Waals surface area (Å²) in [5.41, 5.74) is 1.51. The molecule has 4 rings (SSSR count). The second kappa shape index (κ2) is 9.92. The van der Waals surface area contributed by atoms with Gasteiger partial charge in [0, 0.05) is 6.07 Å². The third-order valence-electron chi connectivity index (χ3n) is 4.38. The lowest BCUT2D eigenvalue weighted by molar-refractivity contribution is -0.119. The minimum Gasteiger partial charge on any atom is -0.481 e. The van der Waals surface area contributed by atoms with Crippen LogP contribution < -0.4 is 14.8 Å². The van der Waals surface area contributed by atoms with Crippen molar-refractivity contribution in [3.63, 3.8) is 0 Å². The third kappa shape index (κ3) is 5.15. The van der Waals surface area contributed by atoms with E-state index in [4.69, 9.17) is 14.2 Å². The van der Waals surface area contributed by atoms with E-state index in [1.165, 1.54) is 36.3 Å². The van der Waals surface area contributed by atoms with Crippen LogP contribution >= 0.6 is 11.3 Å². The van der Waals surface area contributed by atoms with Crippen LogP contribution in [0.5, 0.6) is 11.8 Å². The fourth-order valence-electron chi connectivity index (χ4n) is 2.87. The molecule has 1 N–H and O–H groups in total. The van der Waals surface area contributed by atoms with Crippen LogP contribution in [0.25, 0.3) is 16.3 Å². The maximum atomic E-state index is 12.8. The molecule has 0 aliphatic carbocycles. The molecule has 0 unspecified atom stereocenters. The maximum absolute atomic E-state index is 12.8. The minimum atomic E-state index is -0.701. The molecular weight excluding hydrogens is 446 g/mol. The lowest BCUT2D eigenvalue weighted by Crippen LogP contribution is -2.23. The molecule has 0 atom stereocenters. The number of ether oxygens (including phenoxy) is 3. The Morgan fingerprint density at radius 3 is 2.36 bits per heavy atom. The Balaban J connectivity index is 1.50. The summed E-state index contributed by atoms with van der Waals surface area (Å²) in [5.74, 6) is -0.943. The Bertz CT molecular complexity index is 1240. The zero-order chi connectivity index (χ0) is 23.2. The normalized spacial score (nSPS) is 10.5. The van der Waals surface area contributed by atoms with Crippen LogP contribution in [0.4, 0.5) is 5.95 Å². The Morgan fingerprint density at radius 1 is 1.00 bits per heavy atom. The van der Waals surface area contributed by atoms with E-state index in [1.54, 1.807) is 6.07 Å². The van der Waals surface area contributed by atoms with E-state index < -0.39 is 18.5 Å². The molecule has 168 valence electrons. The number of carbonyl (C=O) groups is 2. The SMILES string of the molecule is COc1cc(OC)nc(NC(=O)COC(=O)c2cc(-c3cccs3)nn2-c2ccccc2)n1. The number of anilines is 1. The summed E-state index contributed by atoms with van der Waals surface area (Å²) in [6, 6.07) is 16.1. The predicted octanol–water partition coefficient (Wildman–Crippen LogP) is 3.20. The van der Waals surface area contributed by atoms with Crippen molar-refractivity contribution < 1.29 is 23.8 Å². The van der Waals surface area contributed by atoms with Crippen molar-refractivity contribution in [1.82, 2.24) is 19.7 Å². The van der Waals surface area contributed by atoms with Gasteiger partial charge in [0.15, 0.2) is 12.3 Å². The number of hydrogen-bond donors (Lipinski definition) is 1. The minimum absolute atomic E-state index is 0.0402. The van der Waals surface area contributed by atoms with Gasteiger partial charge in [0.2, 0.25) is 17.7 Å². The third-order valence-corrected chi connectivity index (χ3v) is 5.27. The van der Waals surface area contributed by atoms with Crippen molar-refractivity contribution in [3.05, 3.63) is 65.7 Å². The molecular formula is C22H19N5O5S. The number of thiophene rings is 1. The summed E-state index contributed by atoms with van der Waals surface area (Å²) in [6.07, 6.45) is 0. The van der Waals surface area contributed by atoms with Crippen molar-refractivity contribution in [2.24, 2.45) is 0 Å². The van der Waals surface area contributed by atoms with Gasteiger partial charge in [0.1, 0.15) is 5.69 Å². The van der Waals surface area contributed by atoms with Crippen LogP contribution in [0.3, 0.4) is 0 Å². The smallest absolute Gasteiger partial charge is 0.357 e. The molecule has 0 fully saturated rings. The molecule has 1 amide bonds. The van der Waals surface area contributed by atoms with E-state index in [9.17, 15) is 9.59 Å². The lowest BCUT2D eigenvalue weighted by Gasteiger charge is -2.09. The molecule has 0 saturated heterocycles. The number of nitrogens with zero attached hydrogens (tertiary/aromatic N) is 4. The van der Waals surface area contributed by atoms with Gasteiger partial charge < -0.3 is 14.2 Å². The molecule has 10 nitrogen and oxygen atoms in total. The van der Waals surface area contributed by atoms with E-state index in [-0.39, 0.29) is 23.4 Å². The van der Waals surface area contributed by atoms with Crippen LogP contribution in [0, 0.1) is 0 Å². The summed E-state index contributed by atoms with van der Waals surface area (Å²) >= 11 is 1.50. The van der Waals surface area contributed by atoms with Crippen LogP contribution in [-0.2, 0) is 9.53 Å². The van der Waals surface area contributed by atoms with E-state index in [1.807, 2.05) is 47.8 Å². The summed E-state index contributed by atoms with van der Waals surface area (Å²) in [5, 5.41) is 8.93. The lowest BCUT2D eigenvalue weighted by atomic mass is 10.3. The predicted molar refractivity (Wildman–Crippen MR) is 121 cm³/mol. The van der Waals surface area contributed by atoms with E-state index in [0.717, 1.165) is 4.88 Å². The van der Waals surface area contributed by atoms with Crippen molar-refractivity contribution in [1.29, 1.82) is 0 Å². The van der Waals surface area contributed by atoms with Crippen molar-refractivity contribution in [3.8, 4) is 28.0 Å².